The monoisotopic (exact) mass is 449 g/mol. The van der Waals surface area contributed by atoms with Crippen LogP contribution in [-0.2, 0) is 20.2 Å². The molecule has 0 N–H and O–H groups in total. The van der Waals surface area contributed by atoms with Crippen LogP contribution in [0.4, 0.5) is 5.69 Å². The van der Waals surface area contributed by atoms with E-state index in [-0.39, 0.29) is 12.1 Å². The first-order valence-electron chi connectivity index (χ1n) is 11.5. The fraction of sp³-hybridized carbons (Fsp3) is 0.696. The van der Waals surface area contributed by atoms with Crippen LogP contribution in [0, 0.1) is 12.3 Å². The maximum atomic E-state index is 12.7. The highest BCUT2D eigenvalue weighted by Crippen LogP contribution is 2.44. The molecule has 7 nitrogen and oxygen atoms in total. The second-order valence-electron chi connectivity index (χ2n) is 9.42. The Balaban J connectivity index is 1.22. The molecule has 0 bridgehead atoms. The lowest BCUT2D eigenvalue weighted by atomic mass is 9.76. The largest absolute Gasteiger partial charge is 0.462 e. The Kier molecular flexibility index (Phi) is 6.89. The summed E-state index contributed by atoms with van der Waals surface area (Å²) in [6, 6.07) is 8.73. The Morgan fingerprint density at radius 1 is 1.06 bits per heavy atom. The van der Waals surface area contributed by atoms with E-state index in [1.807, 2.05) is 4.90 Å². The summed E-state index contributed by atoms with van der Waals surface area (Å²) in [6.07, 6.45) is 3.05. The summed E-state index contributed by atoms with van der Waals surface area (Å²) in [6.45, 7) is 10.2. The Labute approximate surface area is 187 Å². The molecule has 0 aromatic heterocycles. The van der Waals surface area contributed by atoms with Crippen LogP contribution >= 0.6 is 0 Å². The van der Waals surface area contributed by atoms with Crippen molar-refractivity contribution in [3.8, 4) is 0 Å². The number of thiol groups is 1. The second kappa shape index (κ2) is 9.46. The number of benzene rings is 1. The van der Waals surface area contributed by atoms with Gasteiger partial charge in [0.15, 0.2) is 10.7 Å². The standard InChI is InChI=1S/C23H35N3O4S/c1-18-3-5-20(6-4-18)26-15-13-24(14-16-26)10-7-21-17-23(22(27)30-21)8-11-25(12-9-23)19(2)31(28)29/h3-6,19,21,31H,7-17H2,1-2H3/t19?,21-/m1/s1. The molecular formula is C23H35N3O4S. The number of esters is 1. The van der Waals surface area contributed by atoms with E-state index in [0.29, 0.717) is 25.9 Å². The highest BCUT2D eigenvalue weighted by Gasteiger charge is 2.50. The molecule has 0 saturated carbocycles. The van der Waals surface area contributed by atoms with Gasteiger partial charge >= 0.3 is 5.97 Å². The number of cyclic esters (lactones) is 1. The number of rotatable bonds is 6. The van der Waals surface area contributed by atoms with E-state index in [4.69, 9.17) is 4.74 Å². The number of aryl methyl sites for hydroxylation is 1. The third kappa shape index (κ3) is 5.07. The lowest BCUT2D eigenvalue weighted by Crippen LogP contribution is -2.47. The van der Waals surface area contributed by atoms with E-state index >= 15 is 0 Å². The van der Waals surface area contributed by atoms with Crippen LogP contribution in [0.3, 0.4) is 0 Å². The SMILES string of the molecule is Cc1ccc(N2CCN(CC[C@@H]3CC4(CCN(C(C)[SH](=O)=O)CC4)C(=O)O3)CC2)cc1. The maximum absolute atomic E-state index is 12.7. The van der Waals surface area contributed by atoms with Crippen LogP contribution < -0.4 is 4.90 Å². The van der Waals surface area contributed by atoms with Gasteiger partial charge in [-0.25, -0.2) is 8.42 Å². The van der Waals surface area contributed by atoms with Crippen molar-refractivity contribution < 1.29 is 17.9 Å². The van der Waals surface area contributed by atoms with Gasteiger partial charge in [-0.3, -0.25) is 14.6 Å². The van der Waals surface area contributed by atoms with Crippen LogP contribution in [0.1, 0.15) is 38.2 Å². The number of piperazine rings is 1. The third-order valence-corrected chi connectivity index (χ3v) is 8.39. The number of hydrogen-bond donors (Lipinski definition) is 1. The number of anilines is 1. The lowest BCUT2D eigenvalue weighted by Gasteiger charge is -2.38. The van der Waals surface area contributed by atoms with Crippen LogP contribution in [0.2, 0.25) is 0 Å². The van der Waals surface area contributed by atoms with Gasteiger partial charge in [0.05, 0.1) is 5.41 Å². The number of carbonyl (C=O) groups is 1. The molecule has 0 amide bonds. The number of hydrogen-bond acceptors (Lipinski definition) is 7. The van der Waals surface area contributed by atoms with Gasteiger partial charge in [0.25, 0.3) is 0 Å². The van der Waals surface area contributed by atoms with E-state index in [2.05, 4.69) is 41.0 Å². The Morgan fingerprint density at radius 3 is 2.32 bits per heavy atom. The first-order chi connectivity index (χ1) is 14.9. The molecule has 31 heavy (non-hydrogen) atoms. The summed E-state index contributed by atoms with van der Waals surface area (Å²) in [5.74, 6) is -0.0690. The van der Waals surface area contributed by atoms with Gasteiger partial charge in [-0.1, -0.05) is 17.7 Å². The van der Waals surface area contributed by atoms with E-state index in [1.165, 1.54) is 11.3 Å². The topological polar surface area (TPSA) is 70.2 Å². The van der Waals surface area contributed by atoms with Gasteiger partial charge in [-0.15, -0.1) is 0 Å². The molecule has 1 unspecified atom stereocenters. The minimum absolute atomic E-state index is 0.0113. The molecule has 4 rings (SSSR count). The van der Waals surface area contributed by atoms with E-state index in [1.54, 1.807) is 6.92 Å². The molecule has 3 aliphatic rings. The lowest BCUT2D eigenvalue weighted by molar-refractivity contribution is -0.151. The molecular weight excluding hydrogens is 414 g/mol. The van der Waals surface area contributed by atoms with Gasteiger partial charge in [0, 0.05) is 57.9 Å². The molecule has 0 radical (unpaired) electrons. The summed E-state index contributed by atoms with van der Waals surface area (Å²) >= 11 is 0. The molecule has 3 heterocycles. The molecule has 2 atom stereocenters. The summed E-state index contributed by atoms with van der Waals surface area (Å²) in [5, 5.41) is -0.459. The molecule has 1 aromatic rings. The molecule has 1 spiro atoms. The Bertz CT molecular complexity index is 833. The van der Waals surface area contributed by atoms with Gasteiger partial charge in [0.2, 0.25) is 0 Å². The maximum Gasteiger partial charge on any atom is 0.312 e. The van der Waals surface area contributed by atoms with E-state index < -0.39 is 21.5 Å². The highest BCUT2D eigenvalue weighted by atomic mass is 32.2. The van der Waals surface area contributed by atoms with Crippen molar-refractivity contribution in [2.24, 2.45) is 5.41 Å². The van der Waals surface area contributed by atoms with Crippen LogP contribution in [0.25, 0.3) is 0 Å². The summed E-state index contributed by atoms with van der Waals surface area (Å²) in [4.78, 5) is 19.5. The molecule has 3 fully saturated rings. The highest BCUT2D eigenvalue weighted by molar-refractivity contribution is 7.73. The zero-order chi connectivity index (χ0) is 22.0. The number of ether oxygens (including phenoxy) is 1. The molecule has 3 saturated heterocycles. The zero-order valence-corrected chi connectivity index (χ0v) is 19.6. The first kappa shape index (κ1) is 22.6. The van der Waals surface area contributed by atoms with Crippen molar-refractivity contribution in [2.75, 3.05) is 50.7 Å². The summed E-state index contributed by atoms with van der Waals surface area (Å²) < 4.78 is 28.3. The normalized spacial score (nSPS) is 25.8. The number of nitrogens with zero attached hydrogens (tertiary/aromatic N) is 3. The van der Waals surface area contributed by atoms with Crippen molar-refractivity contribution in [3.63, 3.8) is 0 Å². The summed E-state index contributed by atoms with van der Waals surface area (Å²) in [7, 11) is -2.46. The fourth-order valence-corrected chi connectivity index (χ4v) is 5.67. The van der Waals surface area contributed by atoms with Crippen LogP contribution in [0.15, 0.2) is 24.3 Å². The van der Waals surface area contributed by atoms with Gasteiger partial charge in [0.1, 0.15) is 11.5 Å². The third-order valence-electron chi connectivity index (χ3n) is 7.45. The van der Waals surface area contributed by atoms with Crippen LogP contribution in [-0.4, -0.2) is 81.5 Å². The van der Waals surface area contributed by atoms with Gasteiger partial charge in [-0.05, 0) is 45.2 Å². The fourth-order valence-electron chi connectivity index (χ4n) is 5.18. The van der Waals surface area contributed by atoms with Crippen molar-refractivity contribution in [1.82, 2.24) is 9.80 Å². The predicted molar refractivity (Wildman–Crippen MR) is 122 cm³/mol. The molecule has 1 aromatic carbocycles. The molecule has 3 aliphatic heterocycles. The number of piperidine rings is 1. The minimum atomic E-state index is -2.46. The zero-order valence-electron chi connectivity index (χ0n) is 18.7. The first-order valence-corrected chi connectivity index (χ1v) is 12.7. The van der Waals surface area contributed by atoms with Crippen molar-refractivity contribution in [2.45, 2.75) is 51.0 Å². The smallest absolute Gasteiger partial charge is 0.312 e. The van der Waals surface area contributed by atoms with Crippen molar-refractivity contribution in [3.05, 3.63) is 29.8 Å². The quantitative estimate of drug-likeness (QED) is 0.525. The molecule has 8 heteroatoms. The second-order valence-corrected chi connectivity index (χ2v) is 10.7. The van der Waals surface area contributed by atoms with E-state index in [9.17, 15) is 13.2 Å². The van der Waals surface area contributed by atoms with Gasteiger partial charge < -0.3 is 9.64 Å². The predicted octanol–water partition coefficient (Wildman–Crippen LogP) is 1.86. The van der Waals surface area contributed by atoms with Crippen molar-refractivity contribution in [1.29, 1.82) is 0 Å². The Hall–Kier alpha value is -1.64. The number of carbonyl (C=O) groups excluding carboxylic acids is 1. The van der Waals surface area contributed by atoms with E-state index in [0.717, 1.165) is 45.6 Å². The average Bonchev–Trinajstić information content (AvgIpc) is 3.08. The Morgan fingerprint density at radius 2 is 1.71 bits per heavy atom. The molecule has 0 aliphatic carbocycles. The minimum Gasteiger partial charge on any atom is -0.462 e. The van der Waals surface area contributed by atoms with Crippen LogP contribution in [0.5, 0.6) is 0 Å². The summed E-state index contributed by atoms with van der Waals surface area (Å²) in [5.41, 5.74) is 2.17. The average molecular weight is 450 g/mol. The molecule has 172 valence electrons. The van der Waals surface area contributed by atoms with Gasteiger partial charge in [-0.2, -0.15) is 0 Å². The van der Waals surface area contributed by atoms with Crippen molar-refractivity contribution >= 4 is 22.4 Å². The number of likely N-dealkylation sites (tertiary alicyclic amines) is 1.